The number of methoxy groups -OCH3 is 2. The van der Waals surface area contributed by atoms with Crippen LogP contribution in [-0.4, -0.2) is 40.4 Å². The fraction of sp³-hybridized carbons (Fsp3) is 0.200. The van der Waals surface area contributed by atoms with Crippen molar-refractivity contribution in [1.29, 1.82) is 0 Å². The zero-order valence-corrected chi connectivity index (χ0v) is 16.5. The highest BCUT2D eigenvalue weighted by atomic mass is 32.2. The van der Waals surface area contributed by atoms with Crippen LogP contribution in [0.15, 0.2) is 23.1 Å². The third-order valence-corrected chi connectivity index (χ3v) is 5.33. The van der Waals surface area contributed by atoms with Crippen LogP contribution in [0.3, 0.4) is 0 Å². The molecule has 2 amide bonds. The number of carbonyl (C=O) groups is 2. The van der Waals surface area contributed by atoms with Crippen molar-refractivity contribution in [2.75, 3.05) is 20.0 Å². The molecule has 2 aliphatic rings. The Morgan fingerprint density at radius 2 is 1.88 bits per heavy atom. The summed E-state index contributed by atoms with van der Waals surface area (Å²) < 4.78 is 11.4. The first kappa shape index (κ1) is 19.7. The number of benzene rings is 1. The maximum Gasteiger partial charge on any atom is 0.263 e. The summed E-state index contributed by atoms with van der Waals surface area (Å²) in [6.45, 7) is 0. The average Bonchev–Trinajstić information content (AvgIpc) is 3.12. The SMILES string of the molecule is COc1ccc(/C=C2\SC(=S)NC2=O)c(OC)c1.O=C1CSC(=S)N1. The van der Waals surface area contributed by atoms with Gasteiger partial charge >= 0.3 is 0 Å². The summed E-state index contributed by atoms with van der Waals surface area (Å²) in [6.07, 6.45) is 1.75. The van der Waals surface area contributed by atoms with E-state index >= 15 is 0 Å². The van der Waals surface area contributed by atoms with Gasteiger partial charge in [0.05, 0.1) is 24.9 Å². The zero-order valence-electron chi connectivity index (χ0n) is 13.3. The molecular weight excluding hydrogens is 400 g/mol. The van der Waals surface area contributed by atoms with Crippen LogP contribution in [0.4, 0.5) is 0 Å². The second-order valence-electron chi connectivity index (χ2n) is 4.58. The van der Waals surface area contributed by atoms with Gasteiger partial charge in [-0.1, -0.05) is 48.0 Å². The zero-order chi connectivity index (χ0) is 18.4. The highest BCUT2D eigenvalue weighted by Gasteiger charge is 2.22. The van der Waals surface area contributed by atoms with Crippen LogP contribution in [0, 0.1) is 0 Å². The Hall–Kier alpha value is -1.62. The maximum absolute atomic E-state index is 11.6. The van der Waals surface area contributed by atoms with Gasteiger partial charge in [0.15, 0.2) is 0 Å². The molecule has 2 heterocycles. The van der Waals surface area contributed by atoms with E-state index in [9.17, 15) is 9.59 Å². The van der Waals surface area contributed by atoms with Gasteiger partial charge in [0.25, 0.3) is 5.91 Å². The second kappa shape index (κ2) is 9.18. The van der Waals surface area contributed by atoms with Crippen molar-refractivity contribution >= 4 is 74.5 Å². The number of nitrogens with one attached hydrogen (secondary N) is 2. The van der Waals surface area contributed by atoms with Crippen molar-refractivity contribution in [3.05, 3.63) is 28.7 Å². The Morgan fingerprint density at radius 1 is 1.12 bits per heavy atom. The second-order valence-corrected chi connectivity index (χ2v) is 7.96. The minimum absolute atomic E-state index is 0.0231. The Morgan fingerprint density at radius 3 is 2.32 bits per heavy atom. The molecular formula is C15H14N2O4S4. The van der Waals surface area contributed by atoms with Crippen molar-refractivity contribution in [1.82, 2.24) is 10.6 Å². The van der Waals surface area contributed by atoms with Crippen LogP contribution in [0.1, 0.15) is 5.56 Å². The molecule has 0 unspecified atom stereocenters. The minimum Gasteiger partial charge on any atom is -0.497 e. The van der Waals surface area contributed by atoms with Gasteiger partial charge in [-0.25, -0.2) is 0 Å². The van der Waals surface area contributed by atoms with Crippen molar-refractivity contribution in [3.63, 3.8) is 0 Å². The highest BCUT2D eigenvalue weighted by Crippen LogP contribution is 2.31. The van der Waals surface area contributed by atoms with Gasteiger partial charge in [-0.05, 0) is 18.2 Å². The summed E-state index contributed by atoms with van der Waals surface area (Å²) in [5.41, 5.74) is 0.806. The molecule has 0 atom stereocenters. The average molecular weight is 415 g/mol. The fourth-order valence-electron chi connectivity index (χ4n) is 1.82. The molecule has 1 aromatic rings. The van der Waals surface area contributed by atoms with E-state index in [1.54, 1.807) is 26.4 Å². The van der Waals surface area contributed by atoms with Gasteiger partial charge in [0.2, 0.25) is 5.91 Å². The molecule has 132 valence electrons. The molecule has 0 spiro atoms. The third kappa shape index (κ3) is 5.70. The number of ether oxygens (including phenoxy) is 2. The number of hydrogen-bond donors (Lipinski definition) is 2. The van der Waals surface area contributed by atoms with Crippen molar-refractivity contribution < 1.29 is 19.1 Å². The molecule has 0 saturated carbocycles. The van der Waals surface area contributed by atoms with Crippen LogP contribution in [-0.2, 0) is 9.59 Å². The normalized spacial score (nSPS) is 17.8. The van der Waals surface area contributed by atoms with E-state index in [1.165, 1.54) is 23.5 Å². The molecule has 2 aliphatic heterocycles. The summed E-state index contributed by atoms with van der Waals surface area (Å²) in [5, 5.41) is 5.04. The third-order valence-electron chi connectivity index (χ3n) is 2.95. The summed E-state index contributed by atoms with van der Waals surface area (Å²) in [4.78, 5) is 22.4. The first-order valence-electron chi connectivity index (χ1n) is 6.86. The fourth-order valence-corrected chi connectivity index (χ4v) is 3.66. The molecule has 1 aromatic carbocycles. The lowest BCUT2D eigenvalue weighted by atomic mass is 10.1. The smallest absolute Gasteiger partial charge is 0.263 e. The predicted octanol–water partition coefficient (Wildman–Crippen LogP) is 2.33. The first-order valence-corrected chi connectivity index (χ1v) is 9.48. The molecule has 25 heavy (non-hydrogen) atoms. The van der Waals surface area contributed by atoms with E-state index < -0.39 is 0 Å². The van der Waals surface area contributed by atoms with Gasteiger partial charge < -0.3 is 20.1 Å². The summed E-state index contributed by atoms with van der Waals surface area (Å²) in [6, 6.07) is 5.41. The molecule has 6 nitrogen and oxygen atoms in total. The van der Waals surface area contributed by atoms with Gasteiger partial charge in [0.1, 0.15) is 20.1 Å². The Balaban J connectivity index is 0.000000269. The lowest BCUT2D eigenvalue weighted by molar-refractivity contribution is -0.117. The maximum atomic E-state index is 11.6. The Kier molecular flexibility index (Phi) is 7.24. The van der Waals surface area contributed by atoms with Gasteiger partial charge in [-0.2, -0.15) is 0 Å². The largest absolute Gasteiger partial charge is 0.497 e. The van der Waals surface area contributed by atoms with Crippen LogP contribution in [0.2, 0.25) is 0 Å². The molecule has 0 aromatic heterocycles. The Labute approximate surface area is 164 Å². The highest BCUT2D eigenvalue weighted by molar-refractivity contribution is 8.26. The quantitative estimate of drug-likeness (QED) is 0.577. The van der Waals surface area contributed by atoms with E-state index in [2.05, 4.69) is 22.9 Å². The van der Waals surface area contributed by atoms with Crippen LogP contribution in [0.5, 0.6) is 11.5 Å². The molecule has 2 saturated heterocycles. The number of hydrogen-bond acceptors (Lipinski definition) is 8. The molecule has 2 N–H and O–H groups in total. The number of carbonyl (C=O) groups excluding carboxylic acids is 2. The number of rotatable bonds is 3. The molecule has 0 aliphatic carbocycles. The van der Waals surface area contributed by atoms with Crippen molar-refractivity contribution in [2.45, 2.75) is 0 Å². The minimum atomic E-state index is -0.178. The summed E-state index contributed by atoms with van der Waals surface area (Å²) in [5.74, 6) is 1.69. The van der Waals surface area contributed by atoms with Crippen LogP contribution >= 0.6 is 48.0 Å². The van der Waals surface area contributed by atoms with E-state index in [4.69, 9.17) is 21.7 Å². The van der Waals surface area contributed by atoms with Crippen LogP contribution < -0.4 is 20.1 Å². The summed E-state index contributed by atoms with van der Waals surface area (Å²) >= 11 is 12.2. The molecule has 10 heteroatoms. The molecule has 2 fully saturated rings. The number of thioether (sulfide) groups is 2. The van der Waals surface area contributed by atoms with Crippen LogP contribution in [0.25, 0.3) is 6.08 Å². The van der Waals surface area contributed by atoms with E-state index in [1.807, 2.05) is 12.1 Å². The number of amides is 2. The molecule has 0 bridgehead atoms. The van der Waals surface area contributed by atoms with Crippen molar-refractivity contribution in [3.8, 4) is 11.5 Å². The topological polar surface area (TPSA) is 76.7 Å². The van der Waals surface area contributed by atoms with E-state index in [0.29, 0.717) is 30.8 Å². The van der Waals surface area contributed by atoms with E-state index in [-0.39, 0.29) is 11.8 Å². The molecule has 3 rings (SSSR count). The predicted molar refractivity (Wildman–Crippen MR) is 109 cm³/mol. The molecule has 0 radical (unpaired) electrons. The van der Waals surface area contributed by atoms with Gasteiger partial charge in [-0.15, -0.1) is 0 Å². The lowest BCUT2D eigenvalue weighted by Crippen LogP contribution is -2.18. The Bertz CT molecular complexity index is 750. The van der Waals surface area contributed by atoms with Gasteiger partial charge in [0, 0.05) is 11.6 Å². The monoisotopic (exact) mass is 414 g/mol. The van der Waals surface area contributed by atoms with Gasteiger partial charge in [-0.3, -0.25) is 9.59 Å². The standard InChI is InChI=1S/C12H11NO3S2.C3H3NOS2/c1-15-8-4-3-7(9(6-8)16-2)5-10-11(14)13-12(17)18-10;5-2-1-7-3(6)4-2/h3-6H,1-2H3,(H,13,14,17);1H2,(H,4,5,6)/b10-5-;. The summed E-state index contributed by atoms with van der Waals surface area (Å²) in [7, 11) is 3.16. The lowest BCUT2D eigenvalue weighted by Gasteiger charge is -2.07. The van der Waals surface area contributed by atoms with Crippen molar-refractivity contribution in [2.24, 2.45) is 0 Å². The number of thiocarbonyl (C=S) groups is 2. The van der Waals surface area contributed by atoms with E-state index in [0.717, 1.165) is 5.56 Å². The first-order chi connectivity index (χ1) is 11.9.